The quantitative estimate of drug-likeness (QED) is 0.375. The molecule has 0 N–H and O–H groups in total. The molecule has 0 saturated carbocycles. The van der Waals surface area contributed by atoms with Gasteiger partial charge in [0.25, 0.3) is 0 Å². The number of ether oxygens (including phenoxy) is 2. The Bertz CT molecular complexity index is 182. The zero-order valence-electron chi connectivity index (χ0n) is 9.57. The molecular weight excluding hydrogens is 220 g/mol. The van der Waals surface area contributed by atoms with Gasteiger partial charge in [-0.2, -0.15) is 0 Å². The fourth-order valence-corrected chi connectivity index (χ4v) is 1.65. The highest BCUT2D eigenvalue weighted by atomic mass is 28.4. The average molecular weight is 238 g/mol. The van der Waals surface area contributed by atoms with E-state index in [9.17, 15) is 4.79 Å². The van der Waals surface area contributed by atoms with Crippen LogP contribution in [0.3, 0.4) is 0 Å². The van der Waals surface area contributed by atoms with Gasteiger partial charge in [-0.05, 0) is 0 Å². The van der Waals surface area contributed by atoms with Crippen LogP contribution < -0.4 is 0 Å². The molecule has 15 heavy (non-hydrogen) atoms. The van der Waals surface area contributed by atoms with Crippen LogP contribution in [0.5, 0.6) is 0 Å². The van der Waals surface area contributed by atoms with Crippen LogP contribution in [-0.2, 0) is 22.8 Å². The van der Waals surface area contributed by atoms with E-state index in [0.717, 1.165) is 0 Å². The SMILES string of the molecule is COC(=O)OCCCO[Si](C)(OC)OC. The van der Waals surface area contributed by atoms with Crippen LogP contribution in [-0.4, -0.2) is 49.5 Å². The highest BCUT2D eigenvalue weighted by Gasteiger charge is 2.31. The molecule has 0 aromatic heterocycles. The topological polar surface area (TPSA) is 63.2 Å². The molecular formula is C8H18O6Si. The standard InChI is InChI=1S/C8H18O6Si/c1-10-8(9)13-6-5-7-14-15(4,11-2)12-3/h5-7H2,1-4H3. The molecule has 0 amide bonds. The molecule has 0 fully saturated rings. The van der Waals surface area contributed by atoms with Crippen molar-refractivity contribution in [3.8, 4) is 0 Å². The highest BCUT2D eigenvalue weighted by molar-refractivity contribution is 6.59. The van der Waals surface area contributed by atoms with Crippen LogP contribution in [0.15, 0.2) is 0 Å². The molecule has 0 aliphatic carbocycles. The first kappa shape index (κ1) is 14.4. The van der Waals surface area contributed by atoms with Crippen molar-refractivity contribution in [2.24, 2.45) is 0 Å². The first-order valence-electron chi connectivity index (χ1n) is 4.53. The molecule has 0 aromatic carbocycles. The summed E-state index contributed by atoms with van der Waals surface area (Å²) in [7, 11) is 1.89. The monoisotopic (exact) mass is 238 g/mol. The van der Waals surface area contributed by atoms with Crippen LogP contribution in [0.1, 0.15) is 6.42 Å². The van der Waals surface area contributed by atoms with Crippen LogP contribution >= 0.6 is 0 Å². The van der Waals surface area contributed by atoms with Gasteiger partial charge in [-0.3, -0.25) is 0 Å². The van der Waals surface area contributed by atoms with Crippen molar-refractivity contribution < 1.29 is 27.5 Å². The van der Waals surface area contributed by atoms with Gasteiger partial charge in [0.2, 0.25) is 0 Å². The van der Waals surface area contributed by atoms with Gasteiger partial charge < -0.3 is 22.8 Å². The van der Waals surface area contributed by atoms with Gasteiger partial charge >= 0.3 is 15.0 Å². The van der Waals surface area contributed by atoms with Gasteiger partial charge in [0.05, 0.1) is 13.7 Å². The second-order valence-corrected chi connectivity index (χ2v) is 5.61. The maximum atomic E-state index is 10.6. The fourth-order valence-electron chi connectivity index (χ4n) is 0.732. The summed E-state index contributed by atoms with van der Waals surface area (Å²) in [6.07, 6.45) is -0.113. The maximum Gasteiger partial charge on any atom is 0.507 e. The van der Waals surface area contributed by atoms with Gasteiger partial charge in [0.1, 0.15) is 0 Å². The Kier molecular flexibility index (Phi) is 7.31. The number of carbonyl (C=O) groups is 1. The van der Waals surface area contributed by atoms with Crippen molar-refractivity contribution in [1.82, 2.24) is 0 Å². The Morgan fingerprint density at radius 2 is 1.73 bits per heavy atom. The summed E-state index contributed by atoms with van der Waals surface area (Å²) < 4.78 is 24.6. The summed E-state index contributed by atoms with van der Waals surface area (Å²) in [4.78, 5) is 10.6. The Balaban J connectivity index is 3.49. The van der Waals surface area contributed by atoms with E-state index in [4.69, 9.17) is 13.3 Å². The molecule has 0 bridgehead atoms. The summed E-state index contributed by atoms with van der Waals surface area (Å²) in [5.74, 6) is 0. The zero-order chi connectivity index (χ0) is 11.7. The highest BCUT2D eigenvalue weighted by Crippen LogP contribution is 2.06. The van der Waals surface area contributed by atoms with E-state index < -0.39 is 15.0 Å². The van der Waals surface area contributed by atoms with Crippen LogP contribution in [0.25, 0.3) is 0 Å². The summed E-state index contributed by atoms with van der Waals surface area (Å²) in [6.45, 7) is 2.46. The lowest BCUT2D eigenvalue weighted by atomic mass is 10.5. The molecule has 0 aliphatic heterocycles. The molecule has 0 spiro atoms. The lowest BCUT2D eigenvalue weighted by Gasteiger charge is -2.21. The van der Waals surface area contributed by atoms with Gasteiger partial charge in [0, 0.05) is 33.8 Å². The molecule has 0 unspecified atom stereocenters. The predicted molar refractivity (Wildman–Crippen MR) is 54.6 cm³/mol. The van der Waals surface area contributed by atoms with Gasteiger partial charge in [-0.15, -0.1) is 0 Å². The summed E-state index contributed by atoms with van der Waals surface area (Å²) in [5, 5.41) is 0. The Hall–Kier alpha value is -0.633. The smallest absolute Gasteiger partial charge is 0.438 e. The molecule has 6 nitrogen and oxygen atoms in total. The van der Waals surface area contributed by atoms with E-state index in [0.29, 0.717) is 13.0 Å². The molecule has 0 heterocycles. The van der Waals surface area contributed by atoms with Gasteiger partial charge in [-0.25, -0.2) is 4.79 Å². The van der Waals surface area contributed by atoms with E-state index in [1.54, 1.807) is 20.8 Å². The first-order valence-corrected chi connectivity index (χ1v) is 6.75. The molecule has 0 atom stereocenters. The van der Waals surface area contributed by atoms with Crippen molar-refractivity contribution >= 4 is 15.0 Å². The largest absolute Gasteiger partial charge is 0.507 e. The Morgan fingerprint density at radius 3 is 2.20 bits per heavy atom. The van der Waals surface area contributed by atoms with E-state index in [1.165, 1.54) is 7.11 Å². The van der Waals surface area contributed by atoms with Crippen molar-refractivity contribution in [3.05, 3.63) is 0 Å². The second-order valence-electron chi connectivity index (χ2n) is 2.78. The molecule has 0 aromatic rings. The van der Waals surface area contributed by atoms with E-state index in [2.05, 4.69) is 9.47 Å². The molecule has 0 saturated heterocycles. The number of carbonyl (C=O) groups excluding carboxylic acids is 1. The van der Waals surface area contributed by atoms with Crippen LogP contribution in [0, 0.1) is 0 Å². The van der Waals surface area contributed by atoms with Gasteiger partial charge in [0.15, 0.2) is 0 Å². The molecule has 0 radical (unpaired) electrons. The molecule has 7 heteroatoms. The number of hydrogen-bond acceptors (Lipinski definition) is 6. The van der Waals surface area contributed by atoms with E-state index in [-0.39, 0.29) is 6.61 Å². The normalized spacial score (nSPS) is 11.2. The van der Waals surface area contributed by atoms with E-state index >= 15 is 0 Å². The molecule has 0 aliphatic rings. The summed E-state index contributed by atoms with van der Waals surface area (Å²) in [5.41, 5.74) is 0. The average Bonchev–Trinajstić information content (AvgIpc) is 2.27. The number of methoxy groups -OCH3 is 1. The molecule has 0 rings (SSSR count). The minimum atomic E-state index is -2.45. The van der Waals surface area contributed by atoms with E-state index in [1.807, 2.05) is 0 Å². The van der Waals surface area contributed by atoms with Crippen molar-refractivity contribution in [1.29, 1.82) is 0 Å². The molecule has 90 valence electrons. The summed E-state index contributed by atoms with van der Waals surface area (Å²) >= 11 is 0. The second kappa shape index (κ2) is 7.63. The van der Waals surface area contributed by atoms with Crippen LogP contribution in [0.2, 0.25) is 6.55 Å². The third kappa shape index (κ3) is 6.45. The van der Waals surface area contributed by atoms with Crippen molar-refractivity contribution in [3.63, 3.8) is 0 Å². The lowest BCUT2D eigenvalue weighted by Crippen LogP contribution is -2.40. The Morgan fingerprint density at radius 1 is 1.13 bits per heavy atom. The summed E-state index contributed by atoms with van der Waals surface area (Å²) in [6, 6.07) is 0. The number of rotatable bonds is 7. The number of hydrogen-bond donors (Lipinski definition) is 0. The van der Waals surface area contributed by atoms with Crippen molar-refractivity contribution in [2.45, 2.75) is 13.0 Å². The Labute approximate surface area is 90.8 Å². The maximum absolute atomic E-state index is 10.6. The predicted octanol–water partition coefficient (Wildman–Crippen LogP) is 1.04. The lowest BCUT2D eigenvalue weighted by molar-refractivity contribution is 0.0607. The fraction of sp³-hybridized carbons (Fsp3) is 0.875. The van der Waals surface area contributed by atoms with Crippen molar-refractivity contribution in [2.75, 3.05) is 34.5 Å². The minimum absolute atomic E-state index is 0.255. The first-order chi connectivity index (χ1) is 7.08. The van der Waals surface area contributed by atoms with Crippen LogP contribution in [0.4, 0.5) is 4.79 Å². The zero-order valence-corrected chi connectivity index (χ0v) is 10.6. The third-order valence-electron chi connectivity index (χ3n) is 1.78. The minimum Gasteiger partial charge on any atom is -0.438 e. The van der Waals surface area contributed by atoms with Gasteiger partial charge in [-0.1, -0.05) is 0 Å². The third-order valence-corrected chi connectivity index (χ3v) is 3.99.